The van der Waals surface area contributed by atoms with E-state index in [1.807, 2.05) is 0 Å². The molecule has 0 saturated carbocycles. The second-order valence-corrected chi connectivity index (χ2v) is 2.09. The van der Waals surface area contributed by atoms with E-state index in [0.717, 1.165) is 0 Å². The number of nitrogens with one attached hydrogen (secondary N) is 1. The van der Waals surface area contributed by atoms with Gasteiger partial charge in [0.15, 0.2) is 5.82 Å². The molecule has 5 nitrogen and oxygen atoms in total. The Morgan fingerprint density at radius 3 is 2.75 bits per heavy atom. The second-order valence-electron chi connectivity index (χ2n) is 2.09. The molecule has 0 aromatic carbocycles. The molecule has 0 fully saturated rings. The molecule has 1 N–H and O–H groups in total. The van der Waals surface area contributed by atoms with Crippen molar-refractivity contribution in [3.63, 3.8) is 0 Å². The molecule has 0 aliphatic heterocycles. The third-order valence-electron chi connectivity index (χ3n) is 1.25. The van der Waals surface area contributed by atoms with Crippen molar-refractivity contribution >= 4 is 11.8 Å². The smallest absolute Gasteiger partial charge is 0.251 e. The molecule has 0 atom stereocenters. The van der Waals surface area contributed by atoms with Crippen LogP contribution < -0.4 is 5.32 Å². The molecule has 2 heterocycles. The van der Waals surface area contributed by atoms with Crippen molar-refractivity contribution in [2.75, 3.05) is 0 Å². The van der Waals surface area contributed by atoms with Gasteiger partial charge in [-0.1, -0.05) is 0 Å². The number of rotatable bonds is 2. The van der Waals surface area contributed by atoms with Crippen LogP contribution in [0.2, 0.25) is 0 Å². The summed E-state index contributed by atoms with van der Waals surface area (Å²) < 4.78 is 0. The van der Waals surface area contributed by atoms with Gasteiger partial charge in [-0.25, -0.2) is 9.97 Å². The average Bonchev–Trinajstić information content (AvgIpc) is 2.59. The van der Waals surface area contributed by atoms with E-state index in [1.165, 1.54) is 0 Å². The lowest BCUT2D eigenvalue weighted by Crippen LogP contribution is -1.94. The number of aromatic nitrogens is 4. The van der Waals surface area contributed by atoms with Crippen molar-refractivity contribution in [1.82, 2.24) is 25.5 Å². The summed E-state index contributed by atoms with van der Waals surface area (Å²) in [4.78, 5) is 7.84. The highest BCUT2D eigenvalue weighted by Crippen LogP contribution is 2.05. The summed E-state index contributed by atoms with van der Waals surface area (Å²) in [6.45, 7) is 0. The largest absolute Gasteiger partial charge is 0.284 e. The molecule has 59 valence electrons. The number of hydrogen-bond donors (Lipinski definition) is 1. The third-order valence-corrected chi connectivity index (χ3v) is 1.25. The fourth-order valence-electron chi connectivity index (χ4n) is 0.766. The Hall–Kier alpha value is -1.91. The maximum atomic E-state index is 4.04. The highest BCUT2D eigenvalue weighted by atomic mass is 15.2. The molecule has 0 amide bonds. The summed E-state index contributed by atoms with van der Waals surface area (Å²) in [5.41, 5.74) is 0. The maximum absolute atomic E-state index is 4.04. The van der Waals surface area contributed by atoms with Gasteiger partial charge in [-0.2, -0.15) is 10.4 Å². The Balaban J connectivity index is 2.15. The van der Waals surface area contributed by atoms with Crippen molar-refractivity contribution < 1.29 is 0 Å². The Morgan fingerprint density at radius 2 is 2.08 bits per heavy atom. The Morgan fingerprint density at radius 1 is 1.25 bits per heavy atom. The lowest BCUT2D eigenvalue weighted by molar-refractivity contribution is 0.957. The maximum Gasteiger partial charge on any atom is 0.251 e. The molecular weight excluding hydrogens is 154 g/mol. The highest BCUT2D eigenvalue weighted by Gasteiger charge is 1.98. The average molecular weight is 160 g/mol. The molecule has 0 spiro atoms. The molecule has 0 unspecified atom stereocenters. The topological polar surface area (TPSA) is 68.6 Å². The zero-order valence-corrected chi connectivity index (χ0v) is 6.18. The van der Waals surface area contributed by atoms with Crippen LogP contribution in [0.5, 0.6) is 0 Å². The van der Waals surface area contributed by atoms with Gasteiger partial charge in [-0.15, -0.1) is 0 Å². The lowest BCUT2D eigenvalue weighted by Gasteiger charge is -1.93. The van der Waals surface area contributed by atoms with E-state index < -0.39 is 0 Å². The summed E-state index contributed by atoms with van der Waals surface area (Å²) in [6.07, 6.45) is 4.97. The van der Waals surface area contributed by atoms with Gasteiger partial charge in [0.25, 0.3) is 5.95 Å². The van der Waals surface area contributed by atoms with Gasteiger partial charge < -0.3 is 0 Å². The lowest BCUT2D eigenvalue weighted by atomic mass is 10.6. The zero-order chi connectivity index (χ0) is 8.23. The van der Waals surface area contributed by atoms with Crippen molar-refractivity contribution in [2.24, 2.45) is 0 Å². The molecular formula is C7H6N5. The van der Waals surface area contributed by atoms with Crippen molar-refractivity contribution in [3.05, 3.63) is 30.7 Å². The van der Waals surface area contributed by atoms with Crippen LogP contribution in [0, 0.1) is 0 Å². The van der Waals surface area contributed by atoms with E-state index in [0.29, 0.717) is 11.8 Å². The monoisotopic (exact) mass is 160 g/mol. The number of H-pyrrole nitrogens is 1. The first-order valence-electron chi connectivity index (χ1n) is 3.44. The van der Waals surface area contributed by atoms with Gasteiger partial charge in [-0.3, -0.25) is 5.10 Å². The second kappa shape index (κ2) is 3.00. The number of nitrogens with zero attached hydrogens (tertiary/aromatic N) is 4. The van der Waals surface area contributed by atoms with Crippen LogP contribution in [0.1, 0.15) is 0 Å². The molecule has 12 heavy (non-hydrogen) atoms. The standard InChI is InChI=1S/C7H6N5/c1-3-8-7(9-4-1)11-6-2-5-10-12-6/h1-5H,(H,10,12). The fraction of sp³-hybridized carbons (Fsp3) is 0. The number of hydrogen-bond acceptors (Lipinski definition) is 3. The molecule has 2 aromatic heterocycles. The Bertz CT molecular complexity index is 328. The first-order chi connectivity index (χ1) is 5.95. The van der Waals surface area contributed by atoms with Crippen molar-refractivity contribution in [2.45, 2.75) is 0 Å². The summed E-state index contributed by atoms with van der Waals surface area (Å²) in [7, 11) is 0. The Kier molecular flexibility index (Phi) is 1.69. The van der Waals surface area contributed by atoms with Crippen LogP contribution in [0.3, 0.4) is 0 Å². The van der Waals surface area contributed by atoms with Crippen LogP contribution >= 0.6 is 0 Å². The van der Waals surface area contributed by atoms with Gasteiger partial charge >= 0.3 is 0 Å². The molecule has 5 heteroatoms. The minimum atomic E-state index is 0.421. The molecule has 0 aliphatic carbocycles. The van der Waals surface area contributed by atoms with E-state index in [1.54, 1.807) is 30.7 Å². The molecule has 1 radical (unpaired) electrons. The van der Waals surface area contributed by atoms with E-state index in [9.17, 15) is 0 Å². The van der Waals surface area contributed by atoms with E-state index in [4.69, 9.17) is 0 Å². The molecule has 0 aliphatic rings. The van der Waals surface area contributed by atoms with Gasteiger partial charge in [0, 0.05) is 24.7 Å². The zero-order valence-electron chi connectivity index (χ0n) is 6.18. The van der Waals surface area contributed by atoms with Crippen molar-refractivity contribution in [1.29, 1.82) is 0 Å². The molecule has 0 saturated heterocycles. The van der Waals surface area contributed by atoms with Crippen LogP contribution in [-0.4, -0.2) is 20.2 Å². The summed E-state index contributed by atoms with van der Waals surface area (Å²) in [5.74, 6) is 1.01. The van der Waals surface area contributed by atoms with Gasteiger partial charge in [0.05, 0.1) is 0 Å². The summed E-state index contributed by atoms with van der Waals surface area (Å²) in [5, 5.41) is 10.5. The first-order valence-corrected chi connectivity index (χ1v) is 3.44. The quantitative estimate of drug-likeness (QED) is 0.705. The third kappa shape index (κ3) is 1.39. The van der Waals surface area contributed by atoms with Gasteiger partial charge in [0.1, 0.15) is 0 Å². The predicted molar refractivity (Wildman–Crippen MR) is 42.1 cm³/mol. The predicted octanol–water partition coefficient (Wildman–Crippen LogP) is 0.767. The molecule has 2 rings (SSSR count). The first kappa shape index (κ1) is 6.78. The summed E-state index contributed by atoms with van der Waals surface area (Å²) >= 11 is 0. The normalized spacial score (nSPS) is 9.67. The van der Waals surface area contributed by atoms with E-state index in [-0.39, 0.29) is 0 Å². The molecule has 2 aromatic rings. The van der Waals surface area contributed by atoms with E-state index in [2.05, 4.69) is 25.5 Å². The summed E-state index contributed by atoms with van der Waals surface area (Å²) in [6, 6.07) is 3.49. The van der Waals surface area contributed by atoms with E-state index >= 15 is 0 Å². The van der Waals surface area contributed by atoms with Gasteiger partial charge in [-0.05, 0) is 6.07 Å². The van der Waals surface area contributed by atoms with Crippen molar-refractivity contribution in [3.8, 4) is 0 Å². The van der Waals surface area contributed by atoms with Crippen LogP contribution in [-0.2, 0) is 0 Å². The minimum absolute atomic E-state index is 0.421. The fourth-order valence-corrected chi connectivity index (χ4v) is 0.766. The van der Waals surface area contributed by atoms with Crippen LogP contribution in [0.25, 0.3) is 0 Å². The van der Waals surface area contributed by atoms with Crippen LogP contribution in [0.15, 0.2) is 30.7 Å². The van der Waals surface area contributed by atoms with Gasteiger partial charge in [0.2, 0.25) is 0 Å². The number of aromatic amines is 1. The Labute approximate surface area is 68.9 Å². The highest BCUT2D eigenvalue weighted by molar-refractivity contribution is 5.31. The van der Waals surface area contributed by atoms with Crippen LogP contribution in [0.4, 0.5) is 11.8 Å². The SMILES string of the molecule is c1cnc([N]c2cc[nH]n2)nc1. The minimum Gasteiger partial charge on any atom is -0.284 e. The molecule has 0 bridgehead atoms.